The van der Waals surface area contributed by atoms with Crippen LogP contribution in [0.25, 0.3) is 11.3 Å². The Balaban J connectivity index is 1.47. The van der Waals surface area contributed by atoms with Gasteiger partial charge in [-0.25, -0.2) is 4.98 Å². The zero-order valence-corrected chi connectivity index (χ0v) is 20.6. The molecule has 4 nitrogen and oxygen atoms in total. The predicted octanol–water partition coefficient (Wildman–Crippen LogP) is 5.39. The van der Waals surface area contributed by atoms with Gasteiger partial charge in [0.05, 0.1) is 5.69 Å². The van der Waals surface area contributed by atoms with Crippen LogP contribution in [0.4, 0.5) is 5.82 Å². The molecule has 0 amide bonds. The number of pyridine rings is 1. The second-order valence-electron chi connectivity index (χ2n) is 11.1. The van der Waals surface area contributed by atoms with Crippen LogP contribution in [0.3, 0.4) is 0 Å². The summed E-state index contributed by atoms with van der Waals surface area (Å²) in [5.41, 5.74) is 11.4. The topological polar surface area (TPSA) is 54.2 Å². The van der Waals surface area contributed by atoms with Crippen LogP contribution < -0.4 is 16.0 Å². The molecule has 0 atom stereocenters. The lowest BCUT2D eigenvalue weighted by Gasteiger charge is -2.42. The first kappa shape index (κ1) is 23.3. The Morgan fingerprint density at radius 1 is 0.969 bits per heavy atom. The highest BCUT2D eigenvalue weighted by Crippen LogP contribution is 2.46. The summed E-state index contributed by atoms with van der Waals surface area (Å²) < 4.78 is 0. The maximum atomic E-state index is 5.60. The molecule has 1 saturated heterocycles. The maximum Gasteiger partial charge on any atom is 0.129 e. The Bertz CT molecular complexity index is 909. The highest BCUT2D eigenvalue weighted by Gasteiger charge is 2.37. The van der Waals surface area contributed by atoms with Gasteiger partial charge in [0.2, 0.25) is 0 Å². The van der Waals surface area contributed by atoms with Gasteiger partial charge in [0.25, 0.3) is 0 Å². The molecular weight excluding hydrogens is 392 g/mol. The molecule has 2 aromatic rings. The number of benzene rings is 1. The van der Waals surface area contributed by atoms with Crippen molar-refractivity contribution in [2.45, 2.75) is 83.1 Å². The van der Waals surface area contributed by atoms with E-state index in [0.717, 1.165) is 44.1 Å². The molecule has 1 aliphatic carbocycles. The van der Waals surface area contributed by atoms with Gasteiger partial charge in [0, 0.05) is 24.7 Å². The third-order valence-corrected chi connectivity index (χ3v) is 7.77. The quantitative estimate of drug-likeness (QED) is 0.573. The Kier molecular flexibility index (Phi) is 6.92. The van der Waals surface area contributed by atoms with Crippen LogP contribution in [0.1, 0.15) is 77.3 Å². The first-order valence-electron chi connectivity index (χ1n) is 12.6. The molecule has 2 aliphatic rings. The standard InChI is InChI=1S/C28H42N4/c1-27(2)14-15-28(3,4)24-20-21(10-11-23(24)27)25-8-7-9-26(31-25)32-18-12-22(13-19-32)30-17-6-5-16-29/h7-11,20,22,30H,5-6,12-19,29H2,1-4H3. The normalized spacial score (nSPS) is 20.2. The summed E-state index contributed by atoms with van der Waals surface area (Å²) in [7, 11) is 0. The molecule has 32 heavy (non-hydrogen) atoms. The van der Waals surface area contributed by atoms with E-state index in [4.69, 9.17) is 10.7 Å². The smallest absolute Gasteiger partial charge is 0.129 e. The number of nitrogens with two attached hydrogens (primary N) is 1. The van der Waals surface area contributed by atoms with Gasteiger partial charge in [-0.15, -0.1) is 0 Å². The van der Waals surface area contributed by atoms with Crippen LogP contribution in [0.5, 0.6) is 0 Å². The fourth-order valence-corrected chi connectivity index (χ4v) is 5.40. The molecule has 0 unspecified atom stereocenters. The van der Waals surface area contributed by atoms with E-state index < -0.39 is 0 Å². The van der Waals surface area contributed by atoms with Gasteiger partial charge in [-0.05, 0) is 91.8 Å². The molecule has 1 aromatic carbocycles. The van der Waals surface area contributed by atoms with E-state index in [1.54, 1.807) is 0 Å². The molecule has 1 fully saturated rings. The van der Waals surface area contributed by atoms with Crippen molar-refractivity contribution in [3.8, 4) is 11.3 Å². The summed E-state index contributed by atoms with van der Waals surface area (Å²) in [5.74, 6) is 1.11. The van der Waals surface area contributed by atoms with Gasteiger partial charge >= 0.3 is 0 Å². The summed E-state index contributed by atoms with van der Waals surface area (Å²) in [6.07, 6.45) is 7.12. The van der Waals surface area contributed by atoms with Crippen LogP contribution in [-0.4, -0.2) is 37.2 Å². The number of nitrogens with one attached hydrogen (secondary N) is 1. The Morgan fingerprint density at radius 3 is 2.41 bits per heavy atom. The number of unbranched alkanes of at least 4 members (excludes halogenated alkanes) is 1. The van der Waals surface area contributed by atoms with Crippen molar-refractivity contribution in [3.05, 3.63) is 47.5 Å². The molecule has 0 spiro atoms. The Morgan fingerprint density at radius 2 is 1.69 bits per heavy atom. The van der Waals surface area contributed by atoms with Crippen LogP contribution in [0.2, 0.25) is 0 Å². The van der Waals surface area contributed by atoms with E-state index in [-0.39, 0.29) is 10.8 Å². The van der Waals surface area contributed by atoms with Crippen LogP contribution in [0, 0.1) is 0 Å². The van der Waals surface area contributed by atoms with Crippen molar-refractivity contribution >= 4 is 5.82 Å². The van der Waals surface area contributed by atoms with Crippen molar-refractivity contribution in [2.24, 2.45) is 5.73 Å². The number of hydrogen-bond acceptors (Lipinski definition) is 4. The van der Waals surface area contributed by atoms with Crippen LogP contribution in [-0.2, 0) is 10.8 Å². The van der Waals surface area contributed by atoms with Gasteiger partial charge in [-0.1, -0.05) is 45.9 Å². The molecule has 4 heteroatoms. The summed E-state index contributed by atoms with van der Waals surface area (Å²) in [4.78, 5) is 7.55. The molecule has 1 aliphatic heterocycles. The van der Waals surface area contributed by atoms with Crippen molar-refractivity contribution in [1.82, 2.24) is 10.3 Å². The molecular formula is C28H42N4. The molecule has 0 radical (unpaired) electrons. The Labute approximate surface area is 195 Å². The van der Waals surface area contributed by atoms with Gasteiger partial charge < -0.3 is 16.0 Å². The average Bonchev–Trinajstić information content (AvgIpc) is 2.80. The van der Waals surface area contributed by atoms with E-state index in [9.17, 15) is 0 Å². The van der Waals surface area contributed by atoms with E-state index in [1.165, 1.54) is 48.8 Å². The van der Waals surface area contributed by atoms with E-state index in [0.29, 0.717) is 6.04 Å². The summed E-state index contributed by atoms with van der Waals surface area (Å²) in [5, 5.41) is 3.71. The fraction of sp³-hybridized carbons (Fsp3) is 0.607. The van der Waals surface area contributed by atoms with Gasteiger partial charge in [0.1, 0.15) is 5.82 Å². The van der Waals surface area contributed by atoms with Crippen molar-refractivity contribution in [3.63, 3.8) is 0 Å². The molecule has 0 bridgehead atoms. The zero-order chi connectivity index (χ0) is 22.8. The number of fused-ring (bicyclic) bond motifs is 1. The number of piperidine rings is 1. The zero-order valence-electron chi connectivity index (χ0n) is 20.6. The number of anilines is 1. The number of nitrogens with zero attached hydrogens (tertiary/aromatic N) is 2. The van der Waals surface area contributed by atoms with Crippen molar-refractivity contribution < 1.29 is 0 Å². The Hall–Kier alpha value is -1.91. The van der Waals surface area contributed by atoms with Crippen LogP contribution >= 0.6 is 0 Å². The SMILES string of the molecule is CC1(C)CCC(C)(C)c2cc(-c3cccc(N4CCC(NCCCCN)CC4)n3)ccc21. The molecule has 3 N–H and O–H groups in total. The highest BCUT2D eigenvalue weighted by atomic mass is 15.2. The minimum atomic E-state index is 0.220. The fourth-order valence-electron chi connectivity index (χ4n) is 5.40. The van der Waals surface area contributed by atoms with Crippen molar-refractivity contribution in [2.75, 3.05) is 31.1 Å². The summed E-state index contributed by atoms with van der Waals surface area (Å²) >= 11 is 0. The summed E-state index contributed by atoms with van der Waals surface area (Å²) in [6, 6.07) is 14.2. The third kappa shape index (κ3) is 5.02. The number of aromatic nitrogens is 1. The highest BCUT2D eigenvalue weighted by molar-refractivity contribution is 5.65. The third-order valence-electron chi connectivity index (χ3n) is 7.77. The van der Waals surface area contributed by atoms with Gasteiger partial charge in [0.15, 0.2) is 0 Å². The second kappa shape index (κ2) is 9.52. The number of hydrogen-bond donors (Lipinski definition) is 2. The molecule has 0 saturated carbocycles. The first-order valence-corrected chi connectivity index (χ1v) is 12.6. The van der Waals surface area contributed by atoms with Crippen LogP contribution in [0.15, 0.2) is 36.4 Å². The molecule has 174 valence electrons. The van der Waals surface area contributed by atoms with E-state index in [1.807, 2.05) is 0 Å². The molecule has 1 aromatic heterocycles. The van der Waals surface area contributed by atoms with Gasteiger partial charge in [-0.2, -0.15) is 0 Å². The molecule has 2 heterocycles. The first-order chi connectivity index (χ1) is 15.3. The van der Waals surface area contributed by atoms with Gasteiger partial charge in [-0.3, -0.25) is 0 Å². The van der Waals surface area contributed by atoms with Crippen molar-refractivity contribution in [1.29, 1.82) is 0 Å². The predicted molar refractivity (Wildman–Crippen MR) is 136 cm³/mol. The van der Waals surface area contributed by atoms with E-state index in [2.05, 4.69) is 74.3 Å². The lowest BCUT2D eigenvalue weighted by atomic mass is 9.63. The molecule has 4 rings (SSSR count). The second-order valence-corrected chi connectivity index (χ2v) is 11.1. The minimum absolute atomic E-state index is 0.220. The average molecular weight is 435 g/mol. The van der Waals surface area contributed by atoms with E-state index >= 15 is 0 Å². The minimum Gasteiger partial charge on any atom is -0.356 e. The lowest BCUT2D eigenvalue weighted by Crippen LogP contribution is -2.43. The largest absolute Gasteiger partial charge is 0.356 e. The summed E-state index contributed by atoms with van der Waals surface area (Å²) in [6.45, 7) is 13.6. The maximum absolute atomic E-state index is 5.60. The number of rotatable bonds is 7. The lowest BCUT2D eigenvalue weighted by molar-refractivity contribution is 0.332. The monoisotopic (exact) mass is 434 g/mol.